The Bertz CT molecular complexity index is 1140. The Labute approximate surface area is 193 Å². The summed E-state index contributed by atoms with van der Waals surface area (Å²) < 4.78 is 12.2. The molecule has 0 spiro atoms. The molecule has 1 aliphatic rings. The van der Waals surface area contributed by atoms with E-state index in [0.29, 0.717) is 30.3 Å². The van der Waals surface area contributed by atoms with E-state index in [1.165, 1.54) is 0 Å². The number of benzene rings is 2. The molecule has 0 aliphatic carbocycles. The Morgan fingerprint density at radius 3 is 2.58 bits per heavy atom. The zero-order valence-electron chi connectivity index (χ0n) is 19.1. The summed E-state index contributed by atoms with van der Waals surface area (Å²) in [6.07, 6.45) is 0. The maximum atomic E-state index is 13.5. The molecule has 1 N–H and O–H groups in total. The van der Waals surface area contributed by atoms with Crippen molar-refractivity contribution in [3.63, 3.8) is 0 Å². The van der Waals surface area contributed by atoms with Gasteiger partial charge in [0.05, 0.1) is 26.0 Å². The minimum atomic E-state index is -1.13. The van der Waals surface area contributed by atoms with E-state index in [1.807, 2.05) is 54.6 Å². The van der Waals surface area contributed by atoms with Crippen molar-refractivity contribution in [1.82, 2.24) is 20.0 Å². The van der Waals surface area contributed by atoms with E-state index >= 15 is 0 Å². The largest absolute Gasteiger partial charge is 0.496 e. The van der Waals surface area contributed by atoms with Gasteiger partial charge in [-0.1, -0.05) is 48.5 Å². The first-order valence-corrected chi connectivity index (χ1v) is 10.8. The summed E-state index contributed by atoms with van der Waals surface area (Å²) in [6.45, 7) is 2.90. The highest BCUT2D eigenvalue weighted by molar-refractivity contribution is 6.00. The predicted molar refractivity (Wildman–Crippen MR) is 124 cm³/mol. The molecule has 8 heteroatoms. The molecule has 1 atom stereocenters. The van der Waals surface area contributed by atoms with Gasteiger partial charge in [0, 0.05) is 31.3 Å². The third-order valence-electron chi connectivity index (χ3n) is 6.01. The van der Waals surface area contributed by atoms with Gasteiger partial charge in [0.15, 0.2) is 0 Å². The van der Waals surface area contributed by atoms with Gasteiger partial charge in [0.1, 0.15) is 17.0 Å². The lowest BCUT2D eigenvalue weighted by atomic mass is 9.94. The number of ether oxygens (including phenoxy) is 2. The first-order chi connectivity index (χ1) is 16.0. The van der Waals surface area contributed by atoms with Crippen LogP contribution in [0.4, 0.5) is 0 Å². The number of hydrogen-bond donors (Lipinski definition) is 1. The van der Waals surface area contributed by atoms with Crippen LogP contribution in [-0.4, -0.2) is 59.4 Å². The summed E-state index contributed by atoms with van der Waals surface area (Å²) in [5.41, 5.74) is 1.79. The minimum Gasteiger partial charge on any atom is -0.496 e. The summed E-state index contributed by atoms with van der Waals surface area (Å²) in [6, 6.07) is 19.0. The highest BCUT2D eigenvalue weighted by Gasteiger charge is 2.47. The monoisotopic (exact) mass is 448 g/mol. The van der Waals surface area contributed by atoms with Gasteiger partial charge in [-0.15, -0.1) is 0 Å². The molecule has 0 saturated heterocycles. The van der Waals surface area contributed by atoms with Crippen LogP contribution in [0.1, 0.15) is 23.0 Å². The van der Waals surface area contributed by atoms with Crippen LogP contribution >= 0.6 is 0 Å². The predicted octanol–water partition coefficient (Wildman–Crippen LogP) is 2.74. The van der Waals surface area contributed by atoms with E-state index in [0.717, 1.165) is 11.1 Å². The molecule has 2 heterocycles. The lowest BCUT2D eigenvalue weighted by Crippen LogP contribution is -2.64. The second kappa shape index (κ2) is 9.46. The minimum absolute atomic E-state index is 0.238. The summed E-state index contributed by atoms with van der Waals surface area (Å²) in [5.74, 6) is 0.184. The van der Waals surface area contributed by atoms with Gasteiger partial charge in [-0.05, 0) is 19.1 Å². The highest BCUT2D eigenvalue weighted by Crippen LogP contribution is 2.30. The molecule has 4 rings (SSSR count). The first-order valence-electron chi connectivity index (χ1n) is 10.8. The van der Waals surface area contributed by atoms with Crippen LogP contribution in [0.15, 0.2) is 60.7 Å². The summed E-state index contributed by atoms with van der Waals surface area (Å²) in [5, 5.41) is 7.63. The lowest BCUT2D eigenvalue weighted by Gasteiger charge is -2.43. The van der Waals surface area contributed by atoms with Crippen molar-refractivity contribution < 1.29 is 19.1 Å². The number of carbonyl (C=O) groups is 2. The second-order valence-corrected chi connectivity index (χ2v) is 8.16. The van der Waals surface area contributed by atoms with E-state index in [2.05, 4.69) is 10.4 Å². The molecule has 0 saturated carbocycles. The van der Waals surface area contributed by atoms with Crippen molar-refractivity contribution in [3.05, 3.63) is 71.9 Å². The molecular formula is C25H28N4O4. The summed E-state index contributed by atoms with van der Waals surface area (Å²) in [7, 11) is 3.17. The Morgan fingerprint density at radius 1 is 1.12 bits per heavy atom. The van der Waals surface area contributed by atoms with E-state index < -0.39 is 5.54 Å². The maximum absolute atomic E-state index is 13.5. The number of rotatable bonds is 8. The van der Waals surface area contributed by atoms with Crippen molar-refractivity contribution in [2.75, 3.05) is 27.4 Å². The van der Waals surface area contributed by atoms with Gasteiger partial charge in [-0.2, -0.15) is 5.10 Å². The number of hydrogen-bond acceptors (Lipinski definition) is 5. The molecule has 33 heavy (non-hydrogen) atoms. The Balaban J connectivity index is 1.63. The van der Waals surface area contributed by atoms with Crippen molar-refractivity contribution in [2.45, 2.75) is 25.6 Å². The highest BCUT2D eigenvalue weighted by atomic mass is 16.5. The zero-order valence-corrected chi connectivity index (χ0v) is 19.1. The van der Waals surface area contributed by atoms with E-state index in [-0.39, 0.29) is 24.9 Å². The van der Waals surface area contributed by atoms with Crippen LogP contribution in [-0.2, 0) is 22.6 Å². The molecule has 0 fully saturated rings. The van der Waals surface area contributed by atoms with Crippen LogP contribution in [0, 0.1) is 0 Å². The van der Waals surface area contributed by atoms with Gasteiger partial charge in [-0.25, -0.2) is 0 Å². The molecule has 8 nitrogen and oxygen atoms in total. The molecule has 2 amide bonds. The van der Waals surface area contributed by atoms with Crippen LogP contribution in [0.25, 0.3) is 11.3 Å². The summed E-state index contributed by atoms with van der Waals surface area (Å²) in [4.78, 5) is 28.5. The van der Waals surface area contributed by atoms with Crippen LogP contribution in [0.3, 0.4) is 0 Å². The fourth-order valence-electron chi connectivity index (χ4n) is 4.14. The Kier molecular flexibility index (Phi) is 6.46. The van der Waals surface area contributed by atoms with E-state index in [9.17, 15) is 9.59 Å². The fourth-order valence-corrected chi connectivity index (χ4v) is 4.14. The average molecular weight is 449 g/mol. The van der Waals surface area contributed by atoms with Crippen molar-refractivity contribution >= 4 is 11.8 Å². The molecule has 1 aromatic heterocycles. The van der Waals surface area contributed by atoms with Crippen molar-refractivity contribution in [1.29, 1.82) is 0 Å². The van der Waals surface area contributed by atoms with Crippen LogP contribution < -0.4 is 10.1 Å². The average Bonchev–Trinajstić information content (AvgIpc) is 3.27. The first kappa shape index (κ1) is 22.5. The van der Waals surface area contributed by atoms with E-state index in [4.69, 9.17) is 9.47 Å². The quantitative estimate of drug-likeness (QED) is 0.573. The van der Waals surface area contributed by atoms with Gasteiger partial charge in [0.25, 0.3) is 5.91 Å². The molecule has 0 unspecified atom stereocenters. The number of aromatic nitrogens is 2. The second-order valence-electron chi connectivity index (χ2n) is 8.16. The third-order valence-corrected chi connectivity index (χ3v) is 6.01. The number of nitrogens with zero attached hydrogens (tertiary/aromatic N) is 3. The number of para-hydroxylation sites is 1. The lowest BCUT2D eigenvalue weighted by molar-refractivity contribution is -0.133. The number of amides is 2. The molecule has 0 radical (unpaired) electrons. The zero-order chi connectivity index (χ0) is 23.4. The Hall–Kier alpha value is -3.65. The molecule has 3 aromatic rings. The Morgan fingerprint density at radius 2 is 1.85 bits per heavy atom. The fraction of sp³-hybridized carbons (Fsp3) is 0.320. The van der Waals surface area contributed by atoms with Gasteiger partial charge >= 0.3 is 0 Å². The SMILES string of the molecule is COCCN1C(=O)c2cc(-c3ccccc3)nn2C[C@]1(C)C(=O)NCc1ccccc1OC. The molecule has 0 bridgehead atoms. The maximum Gasteiger partial charge on any atom is 0.273 e. The standard InChI is InChI=1S/C25H28N4O4/c1-25(24(31)26-16-19-11-7-8-12-22(19)33-3)17-29-21(23(30)28(25)13-14-32-2)15-20(27-29)18-9-5-4-6-10-18/h4-12,15H,13-14,16-17H2,1-3H3,(H,26,31)/t25-/m1/s1. The summed E-state index contributed by atoms with van der Waals surface area (Å²) >= 11 is 0. The van der Waals surface area contributed by atoms with Gasteiger partial charge < -0.3 is 19.7 Å². The van der Waals surface area contributed by atoms with Gasteiger partial charge in [-0.3, -0.25) is 14.3 Å². The van der Waals surface area contributed by atoms with Crippen molar-refractivity contribution in [3.8, 4) is 17.0 Å². The van der Waals surface area contributed by atoms with Crippen LogP contribution in [0.5, 0.6) is 5.75 Å². The number of methoxy groups -OCH3 is 2. The van der Waals surface area contributed by atoms with Crippen molar-refractivity contribution in [2.24, 2.45) is 0 Å². The number of carbonyl (C=O) groups excluding carboxylic acids is 2. The topological polar surface area (TPSA) is 85.7 Å². The van der Waals surface area contributed by atoms with Crippen LogP contribution in [0.2, 0.25) is 0 Å². The normalized spacial score (nSPS) is 17.5. The van der Waals surface area contributed by atoms with E-state index in [1.54, 1.807) is 36.8 Å². The third kappa shape index (κ3) is 4.34. The molecule has 2 aromatic carbocycles. The number of nitrogens with one attached hydrogen (secondary N) is 1. The molecular weight excluding hydrogens is 420 g/mol. The smallest absolute Gasteiger partial charge is 0.273 e. The van der Waals surface area contributed by atoms with Gasteiger partial charge in [0.2, 0.25) is 5.91 Å². The number of fused-ring (bicyclic) bond motifs is 1. The molecule has 172 valence electrons. The molecule has 1 aliphatic heterocycles.